The minimum atomic E-state index is -0.299. The van der Waals surface area contributed by atoms with Gasteiger partial charge in [-0.1, -0.05) is 65.3 Å². The molecule has 0 bridgehead atoms. The molecule has 1 atom stereocenters. The van der Waals surface area contributed by atoms with Crippen molar-refractivity contribution in [3.63, 3.8) is 0 Å². The van der Waals surface area contributed by atoms with E-state index in [-0.39, 0.29) is 23.2 Å². The molecule has 0 radical (unpaired) electrons. The lowest BCUT2D eigenvalue weighted by molar-refractivity contribution is 0.0928. The number of carbonyl (C=O) groups excluding carboxylic acids is 1. The summed E-state index contributed by atoms with van der Waals surface area (Å²) in [6.07, 6.45) is 0.747. The highest BCUT2D eigenvalue weighted by Gasteiger charge is 2.16. The van der Waals surface area contributed by atoms with Crippen LogP contribution in [0.15, 0.2) is 76.0 Å². The lowest BCUT2D eigenvalue weighted by Crippen LogP contribution is -2.32. The van der Waals surface area contributed by atoms with Gasteiger partial charge < -0.3 is 5.32 Å². The van der Waals surface area contributed by atoms with Gasteiger partial charge in [-0.15, -0.1) is 0 Å². The van der Waals surface area contributed by atoms with Crippen LogP contribution in [0.25, 0.3) is 0 Å². The average molecular weight is 426 g/mol. The molecule has 0 fully saturated rings. The van der Waals surface area contributed by atoms with Crippen molar-refractivity contribution >= 4 is 21.8 Å². The number of benzene rings is 2. The average Bonchev–Trinajstić information content (AvgIpc) is 2.69. The summed E-state index contributed by atoms with van der Waals surface area (Å²) < 4.78 is 2.30. The molecule has 0 spiro atoms. The van der Waals surface area contributed by atoms with E-state index in [1.165, 1.54) is 16.8 Å². The molecule has 3 aromatic rings. The van der Waals surface area contributed by atoms with Crippen molar-refractivity contribution in [1.82, 2.24) is 15.1 Å². The Balaban J connectivity index is 1.79. The minimum absolute atomic E-state index is 0.123. The zero-order valence-electron chi connectivity index (χ0n) is 14.9. The quantitative estimate of drug-likeness (QED) is 0.650. The number of nitrogens with one attached hydrogen (secondary N) is 1. The van der Waals surface area contributed by atoms with Crippen molar-refractivity contribution < 1.29 is 4.79 Å². The molecule has 1 amide bonds. The Labute approximate surface area is 166 Å². The van der Waals surface area contributed by atoms with Crippen LogP contribution in [-0.4, -0.2) is 15.7 Å². The number of rotatable bonds is 6. The monoisotopic (exact) mass is 425 g/mol. The number of amides is 1. The number of hydrogen-bond acceptors (Lipinski definition) is 3. The second-order valence-electron chi connectivity index (χ2n) is 6.19. The van der Waals surface area contributed by atoms with Crippen molar-refractivity contribution in [2.24, 2.45) is 0 Å². The smallest absolute Gasteiger partial charge is 0.272 e. The van der Waals surface area contributed by atoms with Gasteiger partial charge in [0, 0.05) is 10.5 Å². The number of halogens is 1. The summed E-state index contributed by atoms with van der Waals surface area (Å²) in [6, 6.07) is 20.1. The first-order chi connectivity index (χ1) is 13.1. The molecule has 5 nitrogen and oxygen atoms in total. The van der Waals surface area contributed by atoms with E-state index in [9.17, 15) is 9.59 Å². The molecule has 0 unspecified atom stereocenters. The topological polar surface area (TPSA) is 64.0 Å². The van der Waals surface area contributed by atoms with E-state index >= 15 is 0 Å². The van der Waals surface area contributed by atoms with Crippen LogP contribution in [0.3, 0.4) is 0 Å². The summed E-state index contributed by atoms with van der Waals surface area (Å²) in [4.78, 5) is 24.8. The molecule has 0 saturated heterocycles. The number of carbonyl (C=O) groups is 1. The SMILES string of the molecule is CC[C@H](NC(=O)c1ccc(=O)n(Cc2ccccc2)n1)c1ccc(Br)cc1. The largest absolute Gasteiger partial charge is 0.344 e. The van der Waals surface area contributed by atoms with Gasteiger partial charge in [0.1, 0.15) is 5.69 Å². The van der Waals surface area contributed by atoms with Crippen LogP contribution in [0, 0.1) is 0 Å². The zero-order chi connectivity index (χ0) is 19.2. The molecule has 0 aliphatic heterocycles. The Morgan fingerprint density at radius 1 is 1.07 bits per heavy atom. The molecule has 2 aromatic carbocycles. The Kier molecular flexibility index (Phi) is 6.19. The fourth-order valence-corrected chi connectivity index (χ4v) is 3.05. The molecule has 27 heavy (non-hydrogen) atoms. The Morgan fingerprint density at radius 3 is 2.44 bits per heavy atom. The normalized spacial score (nSPS) is 11.8. The van der Waals surface area contributed by atoms with Gasteiger partial charge in [-0.2, -0.15) is 5.10 Å². The molecule has 0 saturated carbocycles. The van der Waals surface area contributed by atoms with Crippen LogP contribution < -0.4 is 10.9 Å². The van der Waals surface area contributed by atoms with E-state index in [1.807, 2.05) is 61.5 Å². The molecule has 1 N–H and O–H groups in total. The number of aromatic nitrogens is 2. The molecular weight excluding hydrogens is 406 g/mol. The molecule has 138 valence electrons. The van der Waals surface area contributed by atoms with Crippen molar-refractivity contribution in [3.8, 4) is 0 Å². The predicted molar refractivity (Wildman–Crippen MR) is 109 cm³/mol. The third-order valence-electron chi connectivity index (χ3n) is 4.26. The van der Waals surface area contributed by atoms with Crippen LogP contribution in [-0.2, 0) is 6.54 Å². The highest BCUT2D eigenvalue weighted by Crippen LogP contribution is 2.19. The summed E-state index contributed by atoms with van der Waals surface area (Å²) in [5.41, 5.74) is 1.95. The lowest BCUT2D eigenvalue weighted by atomic mass is 10.0. The van der Waals surface area contributed by atoms with Crippen LogP contribution in [0.2, 0.25) is 0 Å². The molecule has 3 rings (SSSR count). The summed E-state index contributed by atoms with van der Waals surface area (Å²) in [6.45, 7) is 2.33. The van der Waals surface area contributed by atoms with Gasteiger partial charge in [-0.25, -0.2) is 4.68 Å². The first kappa shape index (κ1) is 19.0. The molecule has 1 heterocycles. The van der Waals surface area contributed by atoms with Gasteiger partial charge >= 0.3 is 0 Å². The van der Waals surface area contributed by atoms with E-state index in [0.29, 0.717) is 6.54 Å². The molecule has 0 aliphatic carbocycles. The summed E-state index contributed by atoms with van der Waals surface area (Å²) in [5.74, 6) is -0.299. The van der Waals surface area contributed by atoms with E-state index < -0.39 is 0 Å². The van der Waals surface area contributed by atoms with Gasteiger partial charge in [0.05, 0.1) is 12.6 Å². The molecule has 1 aromatic heterocycles. The third-order valence-corrected chi connectivity index (χ3v) is 4.79. The minimum Gasteiger partial charge on any atom is -0.344 e. The van der Waals surface area contributed by atoms with Gasteiger partial charge in [-0.3, -0.25) is 9.59 Å². The van der Waals surface area contributed by atoms with Crippen LogP contribution in [0.1, 0.15) is 41.0 Å². The fourth-order valence-electron chi connectivity index (χ4n) is 2.79. The summed E-state index contributed by atoms with van der Waals surface area (Å²) in [5, 5.41) is 7.24. The van der Waals surface area contributed by atoms with E-state index in [2.05, 4.69) is 26.3 Å². The van der Waals surface area contributed by atoms with Crippen molar-refractivity contribution in [3.05, 3.63) is 98.4 Å². The standard InChI is InChI=1S/C21H20BrN3O2/c1-2-18(16-8-10-17(22)11-9-16)23-21(27)19-12-13-20(26)25(24-19)14-15-6-4-3-5-7-15/h3-13,18H,2,14H2,1H3,(H,23,27)/t18-/m0/s1. The Bertz CT molecular complexity index is 969. The van der Waals surface area contributed by atoms with Crippen molar-refractivity contribution in [1.29, 1.82) is 0 Å². The maximum Gasteiger partial charge on any atom is 0.272 e. The second kappa shape index (κ2) is 8.77. The third kappa shape index (κ3) is 4.92. The lowest BCUT2D eigenvalue weighted by Gasteiger charge is -2.17. The van der Waals surface area contributed by atoms with Crippen LogP contribution in [0.5, 0.6) is 0 Å². The Hall–Kier alpha value is -2.73. The van der Waals surface area contributed by atoms with E-state index in [0.717, 1.165) is 22.0 Å². The van der Waals surface area contributed by atoms with Crippen LogP contribution in [0.4, 0.5) is 0 Å². The van der Waals surface area contributed by atoms with E-state index in [1.54, 1.807) is 0 Å². The number of hydrogen-bond donors (Lipinski definition) is 1. The van der Waals surface area contributed by atoms with Crippen LogP contribution >= 0.6 is 15.9 Å². The van der Waals surface area contributed by atoms with Gasteiger partial charge in [-0.05, 0) is 35.7 Å². The fraction of sp³-hybridized carbons (Fsp3) is 0.190. The molecular formula is C21H20BrN3O2. The Morgan fingerprint density at radius 2 is 1.78 bits per heavy atom. The highest BCUT2D eigenvalue weighted by atomic mass is 79.9. The summed E-state index contributed by atoms with van der Waals surface area (Å²) in [7, 11) is 0. The van der Waals surface area contributed by atoms with Crippen molar-refractivity contribution in [2.45, 2.75) is 25.9 Å². The first-order valence-electron chi connectivity index (χ1n) is 8.75. The zero-order valence-corrected chi connectivity index (χ0v) is 16.5. The second-order valence-corrected chi connectivity index (χ2v) is 7.10. The maximum absolute atomic E-state index is 12.7. The predicted octanol–water partition coefficient (Wildman–Crippen LogP) is 3.94. The van der Waals surface area contributed by atoms with Gasteiger partial charge in [0.2, 0.25) is 0 Å². The number of nitrogens with zero attached hydrogens (tertiary/aromatic N) is 2. The first-order valence-corrected chi connectivity index (χ1v) is 9.54. The highest BCUT2D eigenvalue weighted by molar-refractivity contribution is 9.10. The maximum atomic E-state index is 12.7. The summed E-state index contributed by atoms with van der Waals surface area (Å²) >= 11 is 3.42. The van der Waals surface area contributed by atoms with Crippen molar-refractivity contribution in [2.75, 3.05) is 0 Å². The molecule has 6 heteroatoms. The van der Waals surface area contributed by atoms with E-state index in [4.69, 9.17) is 0 Å². The molecule has 0 aliphatic rings. The van der Waals surface area contributed by atoms with Gasteiger partial charge in [0.15, 0.2) is 0 Å². The van der Waals surface area contributed by atoms with Gasteiger partial charge in [0.25, 0.3) is 11.5 Å².